The van der Waals surface area contributed by atoms with Gasteiger partial charge in [0.05, 0.1) is 0 Å². The monoisotopic (exact) mass is 265 g/mol. The van der Waals surface area contributed by atoms with Crippen LogP contribution in [-0.2, 0) is 12.8 Å². The van der Waals surface area contributed by atoms with Crippen LogP contribution in [0.5, 0.6) is 0 Å². The Morgan fingerprint density at radius 2 is 1.75 bits per heavy atom. The normalized spacial score (nSPS) is 13.8. The van der Waals surface area contributed by atoms with Crippen LogP contribution in [0.15, 0.2) is 36.4 Å². The summed E-state index contributed by atoms with van der Waals surface area (Å²) in [4.78, 5) is 12.6. The third-order valence-electron chi connectivity index (χ3n) is 4.06. The molecule has 0 radical (unpaired) electrons. The zero-order chi connectivity index (χ0) is 14.1. The van der Waals surface area contributed by atoms with Crippen molar-refractivity contribution >= 4 is 11.5 Å². The van der Waals surface area contributed by atoms with Gasteiger partial charge in [-0.05, 0) is 61.9 Å². The van der Waals surface area contributed by atoms with Crippen molar-refractivity contribution < 1.29 is 4.79 Å². The van der Waals surface area contributed by atoms with Crippen molar-refractivity contribution in [2.75, 3.05) is 5.73 Å². The molecule has 2 aromatic carbocycles. The van der Waals surface area contributed by atoms with Crippen molar-refractivity contribution in [1.82, 2.24) is 0 Å². The fourth-order valence-electron chi connectivity index (χ4n) is 2.90. The summed E-state index contributed by atoms with van der Waals surface area (Å²) in [6.07, 6.45) is 4.69. The Balaban J connectivity index is 2.00. The summed E-state index contributed by atoms with van der Waals surface area (Å²) in [6.45, 7) is 1.98. The molecule has 0 saturated carbocycles. The maximum atomic E-state index is 12.6. The van der Waals surface area contributed by atoms with Gasteiger partial charge in [-0.15, -0.1) is 0 Å². The number of hydrogen-bond acceptors (Lipinski definition) is 2. The van der Waals surface area contributed by atoms with E-state index < -0.39 is 0 Å². The summed E-state index contributed by atoms with van der Waals surface area (Å²) < 4.78 is 0. The molecule has 3 rings (SSSR count). The Hall–Kier alpha value is -2.09. The van der Waals surface area contributed by atoms with Gasteiger partial charge in [-0.2, -0.15) is 0 Å². The van der Waals surface area contributed by atoms with E-state index >= 15 is 0 Å². The van der Waals surface area contributed by atoms with Crippen LogP contribution < -0.4 is 5.73 Å². The Morgan fingerprint density at radius 1 is 1.00 bits per heavy atom. The average Bonchev–Trinajstić information content (AvgIpc) is 2.48. The molecule has 2 N–H and O–H groups in total. The van der Waals surface area contributed by atoms with E-state index in [1.807, 2.05) is 25.1 Å². The molecule has 0 saturated heterocycles. The minimum atomic E-state index is 0.0274. The second-order valence-electron chi connectivity index (χ2n) is 5.61. The van der Waals surface area contributed by atoms with Gasteiger partial charge in [0.2, 0.25) is 0 Å². The Morgan fingerprint density at radius 3 is 2.55 bits per heavy atom. The van der Waals surface area contributed by atoms with Gasteiger partial charge >= 0.3 is 0 Å². The van der Waals surface area contributed by atoms with E-state index in [4.69, 9.17) is 5.73 Å². The highest BCUT2D eigenvalue weighted by Gasteiger charge is 2.16. The summed E-state index contributed by atoms with van der Waals surface area (Å²) in [5, 5.41) is 0. The lowest BCUT2D eigenvalue weighted by Gasteiger charge is -2.16. The summed E-state index contributed by atoms with van der Waals surface area (Å²) in [6, 6.07) is 11.7. The van der Waals surface area contributed by atoms with Gasteiger partial charge in [-0.3, -0.25) is 4.79 Å². The second kappa shape index (κ2) is 5.12. The first-order valence-corrected chi connectivity index (χ1v) is 7.18. The van der Waals surface area contributed by atoms with Crippen molar-refractivity contribution in [2.24, 2.45) is 0 Å². The van der Waals surface area contributed by atoms with Crippen molar-refractivity contribution in [1.29, 1.82) is 0 Å². The van der Waals surface area contributed by atoms with Crippen LogP contribution in [0.4, 0.5) is 5.69 Å². The second-order valence-corrected chi connectivity index (χ2v) is 5.61. The maximum absolute atomic E-state index is 12.6. The lowest BCUT2D eigenvalue weighted by atomic mass is 9.88. The molecular weight excluding hydrogens is 246 g/mol. The molecule has 0 atom stereocenters. The summed E-state index contributed by atoms with van der Waals surface area (Å²) in [7, 11) is 0. The van der Waals surface area contributed by atoms with E-state index in [-0.39, 0.29) is 5.78 Å². The van der Waals surface area contributed by atoms with Gasteiger partial charge in [0.25, 0.3) is 0 Å². The smallest absolute Gasteiger partial charge is 0.195 e. The Kier molecular flexibility index (Phi) is 3.31. The molecule has 0 amide bonds. The number of ketones is 1. The van der Waals surface area contributed by atoms with Crippen molar-refractivity contribution in [3.8, 4) is 0 Å². The average molecular weight is 265 g/mol. The molecule has 0 unspecified atom stereocenters. The fraction of sp³-hybridized carbons (Fsp3) is 0.278. The van der Waals surface area contributed by atoms with E-state index in [1.54, 1.807) is 6.07 Å². The topological polar surface area (TPSA) is 43.1 Å². The van der Waals surface area contributed by atoms with Crippen LogP contribution in [0.3, 0.4) is 0 Å². The highest BCUT2D eigenvalue weighted by Crippen LogP contribution is 2.25. The van der Waals surface area contributed by atoms with Gasteiger partial charge in [0, 0.05) is 16.8 Å². The molecule has 0 bridgehead atoms. The van der Waals surface area contributed by atoms with E-state index in [0.29, 0.717) is 11.3 Å². The molecule has 2 nitrogen and oxygen atoms in total. The number of benzene rings is 2. The number of hydrogen-bond donors (Lipinski definition) is 1. The maximum Gasteiger partial charge on any atom is 0.195 e. The highest BCUT2D eigenvalue weighted by molar-refractivity contribution is 6.12. The Bertz CT molecular complexity index is 673. The third kappa shape index (κ3) is 2.34. The van der Waals surface area contributed by atoms with Gasteiger partial charge in [0.1, 0.15) is 0 Å². The third-order valence-corrected chi connectivity index (χ3v) is 4.06. The molecule has 0 heterocycles. The number of nitrogen functional groups attached to an aromatic ring is 1. The number of nitrogens with two attached hydrogens (primary N) is 1. The van der Waals surface area contributed by atoms with Gasteiger partial charge in [0.15, 0.2) is 5.78 Å². The Labute approximate surface area is 119 Å². The van der Waals surface area contributed by atoms with Crippen LogP contribution in [0, 0.1) is 6.92 Å². The molecule has 0 aromatic heterocycles. The predicted octanol–water partition coefficient (Wildman–Crippen LogP) is 3.69. The minimum absolute atomic E-state index is 0.0274. The van der Waals surface area contributed by atoms with Crippen LogP contribution in [0.2, 0.25) is 0 Å². The first-order chi connectivity index (χ1) is 9.65. The standard InChI is InChI=1S/C18H19NO/c1-12-6-9-17(19)16(10-12)18(20)15-8-7-13-4-2-3-5-14(13)11-15/h6-11H,2-5,19H2,1H3. The number of carbonyl (C=O) groups is 1. The summed E-state index contributed by atoms with van der Waals surface area (Å²) in [5.41, 5.74) is 11.6. The van der Waals surface area contributed by atoms with Crippen LogP contribution in [-0.4, -0.2) is 5.78 Å². The van der Waals surface area contributed by atoms with Gasteiger partial charge in [-0.1, -0.05) is 23.8 Å². The molecule has 2 aromatic rings. The molecular formula is C18H19NO. The molecule has 0 fully saturated rings. The molecule has 1 aliphatic carbocycles. The predicted molar refractivity (Wildman–Crippen MR) is 82.1 cm³/mol. The quantitative estimate of drug-likeness (QED) is 0.664. The zero-order valence-corrected chi connectivity index (χ0v) is 11.8. The van der Waals surface area contributed by atoms with Crippen LogP contribution in [0.25, 0.3) is 0 Å². The van der Waals surface area contributed by atoms with Crippen molar-refractivity contribution in [2.45, 2.75) is 32.6 Å². The molecule has 20 heavy (non-hydrogen) atoms. The van der Waals surface area contributed by atoms with Gasteiger partial charge in [-0.25, -0.2) is 0 Å². The molecule has 102 valence electrons. The number of anilines is 1. The van der Waals surface area contributed by atoms with Crippen LogP contribution >= 0.6 is 0 Å². The molecule has 2 heteroatoms. The van der Waals surface area contributed by atoms with E-state index in [9.17, 15) is 4.79 Å². The summed E-state index contributed by atoms with van der Waals surface area (Å²) >= 11 is 0. The fourth-order valence-corrected chi connectivity index (χ4v) is 2.90. The molecule has 0 spiro atoms. The first-order valence-electron chi connectivity index (χ1n) is 7.18. The highest BCUT2D eigenvalue weighted by atomic mass is 16.1. The number of carbonyl (C=O) groups excluding carboxylic acids is 1. The summed E-state index contributed by atoms with van der Waals surface area (Å²) in [5.74, 6) is 0.0274. The van der Waals surface area contributed by atoms with Crippen molar-refractivity contribution in [3.05, 3.63) is 64.2 Å². The van der Waals surface area contributed by atoms with Crippen LogP contribution in [0.1, 0.15) is 45.5 Å². The molecule has 0 aliphatic heterocycles. The number of rotatable bonds is 2. The van der Waals surface area contributed by atoms with E-state index in [0.717, 1.165) is 24.0 Å². The zero-order valence-electron chi connectivity index (χ0n) is 11.8. The largest absolute Gasteiger partial charge is 0.398 e. The van der Waals surface area contributed by atoms with Crippen molar-refractivity contribution in [3.63, 3.8) is 0 Å². The lowest BCUT2D eigenvalue weighted by molar-refractivity contribution is 0.103. The number of fused-ring (bicyclic) bond motifs is 1. The number of aryl methyl sites for hydroxylation is 3. The van der Waals surface area contributed by atoms with Gasteiger partial charge < -0.3 is 5.73 Å². The molecule has 1 aliphatic rings. The first kappa shape index (κ1) is 12.9. The van der Waals surface area contributed by atoms with E-state index in [2.05, 4.69) is 12.1 Å². The van der Waals surface area contributed by atoms with E-state index in [1.165, 1.54) is 24.0 Å². The lowest BCUT2D eigenvalue weighted by Crippen LogP contribution is -2.09. The minimum Gasteiger partial charge on any atom is -0.398 e. The SMILES string of the molecule is Cc1ccc(N)c(C(=O)c2ccc3c(c2)CCCC3)c1.